The summed E-state index contributed by atoms with van der Waals surface area (Å²) in [6, 6.07) is 17.1. The standard InChI is InChI=1S/C17H19IN2O/c18-14-7-5-12(6-8-14)11-16(20-19)17-15-4-2-1-3-13(15)9-10-21-17/h1-8,16-17,20H,9-11,19H2. The number of nitrogens with one attached hydrogen (secondary N) is 1. The van der Waals surface area contributed by atoms with Crippen molar-refractivity contribution in [3.63, 3.8) is 0 Å². The van der Waals surface area contributed by atoms with E-state index in [0.29, 0.717) is 0 Å². The van der Waals surface area contributed by atoms with Crippen molar-refractivity contribution in [3.05, 3.63) is 68.8 Å². The lowest BCUT2D eigenvalue weighted by Gasteiger charge is -2.32. The number of nitrogens with two attached hydrogens (primary N) is 1. The van der Waals surface area contributed by atoms with Crippen LogP contribution in [0.5, 0.6) is 0 Å². The van der Waals surface area contributed by atoms with E-state index in [0.717, 1.165) is 19.4 Å². The minimum absolute atomic E-state index is 0.0132. The molecule has 0 saturated carbocycles. The van der Waals surface area contributed by atoms with Crippen LogP contribution < -0.4 is 11.3 Å². The molecule has 2 aromatic rings. The first kappa shape index (κ1) is 15.0. The van der Waals surface area contributed by atoms with Gasteiger partial charge >= 0.3 is 0 Å². The summed E-state index contributed by atoms with van der Waals surface area (Å²) in [5.74, 6) is 5.81. The molecule has 0 fully saturated rings. The van der Waals surface area contributed by atoms with Crippen LogP contribution in [0.25, 0.3) is 0 Å². The molecule has 3 N–H and O–H groups in total. The number of rotatable bonds is 4. The van der Waals surface area contributed by atoms with Crippen LogP contribution in [-0.4, -0.2) is 12.6 Å². The number of hydrogen-bond donors (Lipinski definition) is 2. The van der Waals surface area contributed by atoms with Gasteiger partial charge in [-0.05, 0) is 64.3 Å². The van der Waals surface area contributed by atoms with E-state index in [1.807, 2.05) is 0 Å². The summed E-state index contributed by atoms with van der Waals surface area (Å²) in [5.41, 5.74) is 6.85. The van der Waals surface area contributed by atoms with Crippen LogP contribution in [0.15, 0.2) is 48.5 Å². The summed E-state index contributed by atoms with van der Waals surface area (Å²) < 4.78 is 7.25. The fourth-order valence-corrected chi connectivity index (χ4v) is 3.25. The Morgan fingerprint density at radius 3 is 2.71 bits per heavy atom. The Bertz CT molecular complexity index is 600. The van der Waals surface area contributed by atoms with Crippen molar-refractivity contribution in [3.8, 4) is 0 Å². The van der Waals surface area contributed by atoms with E-state index in [4.69, 9.17) is 10.6 Å². The minimum Gasteiger partial charge on any atom is -0.371 e. The molecule has 4 heteroatoms. The lowest BCUT2D eigenvalue weighted by atomic mass is 9.90. The van der Waals surface area contributed by atoms with Crippen LogP contribution in [0, 0.1) is 3.57 Å². The number of halogens is 1. The van der Waals surface area contributed by atoms with Gasteiger partial charge in [0.1, 0.15) is 0 Å². The SMILES string of the molecule is NNC(Cc1ccc(I)cc1)C1OCCc2ccccc21. The Hall–Kier alpha value is -0.950. The van der Waals surface area contributed by atoms with E-state index in [1.54, 1.807) is 0 Å². The number of hydrogen-bond acceptors (Lipinski definition) is 3. The predicted octanol–water partition coefficient (Wildman–Crippen LogP) is 2.98. The molecule has 21 heavy (non-hydrogen) atoms. The zero-order valence-electron chi connectivity index (χ0n) is 11.8. The molecule has 0 spiro atoms. The molecule has 2 atom stereocenters. The van der Waals surface area contributed by atoms with Crippen molar-refractivity contribution in [2.45, 2.75) is 25.0 Å². The lowest BCUT2D eigenvalue weighted by Crippen LogP contribution is -2.43. The Kier molecular flexibility index (Phi) is 4.90. The highest BCUT2D eigenvalue weighted by Crippen LogP contribution is 2.30. The molecule has 2 unspecified atom stereocenters. The fourth-order valence-electron chi connectivity index (χ4n) is 2.89. The normalized spacial score (nSPS) is 19.0. The molecular formula is C17H19IN2O. The van der Waals surface area contributed by atoms with E-state index in [-0.39, 0.29) is 12.1 Å². The summed E-state index contributed by atoms with van der Waals surface area (Å²) in [4.78, 5) is 0. The van der Waals surface area contributed by atoms with Gasteiger partial charge in [0.25, 0.3) is 0 Å². The average Bonchev–Trinajstić information content (AvgIpc) is 2.54. The molecule has 1 heterocycles. The highest BCUT2D eigenvalue weighted by Gasteiger charge is 2.28. The average molecular weight is 394 g/mol. The number of benzene rings is 2. The Balaban J connectivity index is 1.82. The Morgan fingerprint density at radius 2 is 1.95 bits per heavy atom. The van der Waals surface area contributed by atoms with Gasteiger partial charge in [0.15, 0.2) is 0 Å². The Morgan fingerprint density at radius 1 is 1.19 bits per heavy atom. The van der Waals surface area contributed by atoms with Gasteiger partial charge in [-0.2, -0.15) is 0 Å². The smallest absolute Gasteiger partial charge is 0.0997 e. The Labute approximate surface area is 139 Å². The first-order chi connectivity index (χ1) is 10.3. The van der Waals surface area contributed by atoms with E-state index >= 15 is 0 Å². The third kappa shape index (κ3) is 3.45. The second-order valence-corrected chi connectivity index (χ2v) is 6.59. The molecule has 1 aliphatic heterocycles. The van der Waals surface area contributed by atoms with Crippen LogP contribution >= 0.6 is 22.6 Å². The van der Waals surface area contributed by atoms with Crippen LogP contribution in [0.1, 0.15) is 22.8 Å². The van der Waals surface area contributed by atoms with Crippen molar-refractivity contribution in [2.24, 2.45) is 5.84 Å². The van der Waals surface area contributed by atoms with Crippen molar-refractivity contribution < 1.29 is 4.74 Å². The highest BCUT2D eigenvalue weighted by atomic mass is 127. The van der Waals surface area contributed by atoms with Crippen LogP contribution in [0.3, 0.4) is 0 Å². The predicted molar refractivity (Wildman–Crippen MR) is 92.8 cm³/mol. The van der Waals surface area contributed by atoms with E-state index in [1.165, 1.54) is 20.3 Å². The van der Waals surface area contributed by atoms with Gasteiger partial charge in [-0.3, -0.25) is 11.3 Å². The van der Waals surface area contributed by atoms with Crippen molar-refractivity contribution in [2.75, 3.05) is 6.61 Å². The zero-order chi connectivity index (χ0) is 14.7. The molecular weight excluding hydrogens is 375 g/mol. The molecule has 0 saturated heterocycles. The maximum atomic E-state index is 6.01. The monoisotopic (exact) mass is 394 g/mol. The first-order valence-electron chi connectivity index (χ1n) is 7.18. The van der Waals surface area contributed by atoms with Crippen molar-refractivity contribution >= 4 is 22.6 Å². The number of hydrazine groups is 1. The van der Waals surface area contributed by atoms with Crippen molar-refractivity contribution in [1.82, 2.24) is 5.43 Å². The minimum atomic E-state index is 0.0132. The van der Waals surface area contributed by atoms with Gasteiger partial charge in [-0.15, -0.1) is 0 Å². The van der Waals surface area contributed by atoms with Gasteiger partial charge in [0, 0.05) is 3.57 Å². The molecule has 110 valence electrons. The van der Waals surface area contributed by atoms with Gasteiger partial charge < -0.3 is 4.74 Å². The molecule has 0 radical (unpaired) electrons. The maximum absolute atomic E-state index is 6.01. The third-order valence-corrected chi connectivity index (χ3v) is 4.70. The lowest BCUT2D eigenvalue weighted by molar-refractivity contribution is 0.0154. The molecule has 0 aromatic heterocycles. The molecule has 3 nitrogen and oxygen atoms in total. The summed E-state index contributed by atoms with van der Waals surface area (Å²) in [6.45, 7) is 0.756. The van der Waals surface area contributed by atoms with E-state index in [9.17, 15) is 0 Å². The van der Waals surface area contributed by atoms with Gasteiger partial charge in [0.05, 0.1) is 18.8 Å². The summed E-state index contributed by atoms with van der Waals surface area (Å²) in [7, 11) is 0. The van der Waals surface area contributed by atoms with Gasteiger partial charge in [-0.25, -0.2) is 0 Å². The zero-order valence-corrected chi connectivity index (χ0v) is 13.9. The van der Waals surface area contributed by atoms with Gasteiger partial charge in [-0.1, -0.05) is 36.4 Å². The third-order valence-electron chi connectivity index (χ3n) is 3.98. The van der Waals surface area contributed by atoms with Crippen LogP contribution in [0.4, 0.5) is 0 Å². The fraction of sp³-hybridized carbons (Fsp3) is 0.294. The first-order valence-corrected chi connectivity index (χ1v) is 8.26. The van der Waals surface area contributed by atoms with Crippen molar-refractivity contribution in [1.29, 1.82) is 0 Å². The largest absolute Gasteiger partial charge is 0.371 e. The molecule has 1 aliphatic rings. The number of fused-ring (bicyclic) bond motifs is 1. The summed E-state index contributed by atoms with van der Waals surface area (Å²) in [5, 5.41) is 0. The van der Waals surface area contributed by atoms with E-state index < -0.39 is 0 Å². The maximum Gasteiger partial charge on any atom is 0.0997 e. The number of ether oxygens (including phenoxy) is 1. The molecule has 2 aromatic carbocycles. The second-order valence-electron chi connectivity index (χ2n) is 5.34. The van der Waals surface area contributed by atoms with E-state index in [2.05, 4.69) is 76.5 Å². The highest BCUT2D eigenvalue weighted by molar-refractivity contribution is 14.1. The topological polar surface area (TPSA) is 47.3 Å². The summed E-state index contributed by atoms with van der Waals surface area (Å²) in [6.07, 6.45) is 1.85. The van der Waals surface area contributed by atoms with Crippen LogP contribution in [0.2, 0.25) is 0 Å². The quantitative estimate of drug-likeness (QED) is 0.476. The second kappa shape index (κ2) is 6.87. The van der Waals surface area contributed by atoms with Crippen LogP contribution in [-0.2, 0) is 17.6 Å². The molecule has 0 amide bonds. The molecule has 0 bridgehead atoms. The molecule has 0 aliphatic carbocycles. The van der Waals surface area contributed by atoms with Gasteiger partial charge in [0.2, 0.25) is 0 Å². The summed E-state index contributed by atoms with van der Waals surface area (Å²) >= 11 is 2.32. The molecule has 3 rings (SSSR count).